The average molecular weight is 414 g/mol. The Kier molecular flexibility index (Phi) is 5.70. The van der Waals surface area contributed by atoms with Gasteiger partial charge in [-0.1, -0.05) is 18.2 Å². The summed E-state index contributed by atoms with van der Waals surface area (Å²) in [5, 5.41) is 14.7. The van der Waals surface area contributed by atoms with Crippen molar-refractivity contribution in [1.82, 2.24) is 10.3 Å². The van der Waals surface area contributed by atoms with Gasteiger partial charge in [0.05, 0.1) is 23.3 Å². The van der Waals surface area contributed by atoms with Crippen molar-refractivity contribution in [3.63, 3.8) is 0 Å². The third kappa shape index (κ3) is 4.02. The van der Waals surface area contributed by atoms with Crippen LogP contribution in [-0.2, 0) is 14.3 Å². The van der Waals surface area contributed by atoms with Crippen molar-refractivity contribution < 1.29 is 19.4 Å². The zero-order valence-electron chi connectivity index (χ0n) is 18.0. The number of amides is 1. The van der Waals surface area contributed by atoms with E-state index in [0.717, 1.165) is 42.5 Å². The second-order valence-electron chi connectivity index (χ2n) is 8.87. The Balaban J connectivity index is 1.51. The van der Waals surface area contributed by atoms with Crippen molar-refractivity contribution in [2.45, 2.75) is 50.4 Å². The molecule has 2 aliphatic rings. The van der Waals surface area contributed by atoms with Gasteiger partial charge < -0.3 is 24.8 Å². The average Bonchev–Trinajstić information content (AvgIpc) is 2.71. The number of aryl methyl sites for hydroxylation is 1. The molecule has 30 heavy (non-hydrogen) atoms. The molecular formula is C23H31N3O4. The maximum absolute atomic E-state index is 12.1. The first-order valence-corrected chi connectivity index (χ1v) is 10.6. The number of aromatic nitrogens is 1. The number of piperidine rings is 1. The number of carbonyl (C=O) groups excluding carboxylic acids is 1. The number of benzene rings is 1. The largest absolute Gasteiger partial charge is 0.388 e. The van der Waals surface area contributed by atoms with Gasteiger partial charge in [0.1, 0.15) is 12.7 Å². The molecule has 2 atom stereocenters. The Morgan fingerprint density at radius 3 is 2.83 bits per heavy atom. The van der Waals surface area contributed by atoms with E-state index in [0.29, 0.717) is 6.42 Å². The van der Waals surface area contributed by atoms with E-state index in [4.69, 9.17) is 9.47 Å². The second kappa shape index (κ2) is 8.13. The third-order valence-electron chi connectivity index (χ3n) is 6.51. The van der Waals surface area contributed by atoms with Crippen molar-refractivity contribution in [3.8, 4) is 0 Å². The van der Waals surface area contributed by atoms with E-state index in [1.165, 1.54) is 12.8 Å². The second-order valence-corrected chi connectivity index (χ2v) is 8.87. The number of hydrogen-bond donors (Lipinski definition) is 2. The number of para-hydroxylation sites is 1. The van der Waals surface area contributed by atoms with Crippen molar-refractivity contribution in [2.24, 2.45) is 0 Å². The van der Waals surface area contributed by atoms with Gasteiger partial charge in [0.15, 0.2) is 0 Å². The number of fused-ring (bicyclic) bond motifs is 1. The molecule has 1 aromatic heterocycles. The first kappa shape index (κ1) is 21.0. The zero-order chi connectivity index (χ0) is 21.4. The molecule has 2 fully saturated rings. The van der Waals surface area contributed by atoms with E-state index in [1.54, 1.807) is 0 Å². The van der Waals surface area contributed by atoms with Crippen LogP contribution in [0.1, 0.15) is 31.9 Å². The SMILES string of the molecule is COCC(=O)N[C@@]1(C)CC2(CCN(c3cc(C)nc4ccccc34)CC2)OC[C@@H]1O. The molecule has 7 nitrogen and oxygen atoms in total. The van der Waals surface area contributed by atoms with E-state index in [-0.39, 0.29) is 24.7 Å². The van der Waals surface area contributed by atoms with Gasteiger partial charge in [-0.2, -0.15) is 0 Å². The standard InChI is InChI=1S/C23H31N3O4/c1-16-12-19(17-6-4-5-7-18(17)24-16)26-10-8-23(9-11-26)15-22(2,20(27)13-30-23)25-21(28)14-29-3/h4-7,12,20,27H,8-11,13-15H2,1-3H3,(H,25,28)/t20-,22-/m0/s1. The fraction of sp³-hybridized carbons (Fsp3) is 0.565. The minimum atomic E-state index is -0.742. The van der Waals surface area contributed by atoms with Gasteiger partial charge in [0, 0.05) is 43.4 Å². The highest BCUT2D eigenvalue weighted by Gasteiger charge is 2.50. The number of hydrogen-bond acceptors (Lipinski definition) is 6. The first-order valence-electron chi connectivity index (χ1n) is 10.6. The van der Waals surface area contributed by atoms with Crippen LogP contribution in [0.4, 0.5) is 5.69 Å². The van der Waals surface area contributed by atoms with Crippen molar-refractivity contribution >= 4 is 22.5 Å². The van der Waals surface area contributed by atoms with E-state index in [1.807, 2.05) is 26.0 Å². The predicted molar refractivity (Wildman–Crippen MR) is 116 cm³/mol. The number of anilines is 1. The summed E-state index contributed by atoms with van der Waals surface area (Å²) in [6.45, 7) is 5.85. The van der Waals surface area contributed by atoms with Crippen LogP contribution in [0.15, 0.2) is 30.3 Å². The molecule has 0 aliphatic carbocycles. The maximum atomic E-state index is 12.1. The number of pyridine rings is 1. The molecule has 1 aromatic carbocycles. The van der Waals surface area contributed by atoms with Crippen molar-refractivity contribution in [1.29, 1.82) is 0 Å². The molecule has 1 amide bonds. The van der Waals surface area contributed by atoms with Gasteiger partial charge in [-0.3, -0.25) is 9.78 Å². The van der Waals surface area contributed by atoms with Crippen molar-refractivity contribution in [3.05, 3.63) is 36.0 Å². The molecule has 0 saturated carbocycles. The molecule has 2 saturated heterocycles. The summed E-state index contributed by atoms with van der Waals surface area (Å²) in [5.41, 5.74) is 2.16. The van der Waals surface area contributed by atoms with E-state index < -0.39 is 11.6 Å². The van der Waals surface area contributed by atoms with E-state index >= 15 is 0 Å². The monoisotopic (exact) mass is 413 g/mol. The fourth-order valence-corrected chi connectivity index (χ4v) is 4.91. The molecule has 0 bridgehead atoms. The van der Waals surface area contributed by atoms with Gasteiger partial charge in [-0.05, 0) is 38.8 Å². The summed E-state index contributed by atoms with van der Waals surface area (Å²) in [7, 11) is 1.49. The topological polar surface area (TPSA) is 83.9 Å². The maximum Gasteiger partial charge on any atom is 0.246 e. The molecule has 2 aliphatic heterocycles. The Bertz CT molecular complexity index is 926. The molecule has 2 aromatic rings. The lowest BCUT2D eigenvalue weighted by Gasteiger charge is -2.52. The van der Waals surface area contributed by atoms with Gasteiger partial charge in [0.2, 0.25) is 5.91 Å². The number of aliphatic hydroxyl groups excluding tert-OH is 1. The number of ether oxygens (including phenoxy) is 2. The summed E-state index contributed by atoms with van der Waals surface area (Å²) in [5.74, 6) is -0.215. The smallest absolute Gasteiger partial charge is 0.246 e. The molecule has 7 heteroatoms. The van der Waals surface area contributed by atoms with Crippen LogP contribution >= 0.6 is 0 Å². The summed E-state index contributed by atoms with van der Waals surface area (Å²) in [6, 6.07) is 10.4. The summed E-state index contributed by atoms with van der Waals surface area (Å²) >= 11 is 0. The molecule has 162 valence electrons. The van der Waals surface area contributed by atoms with Crippen LogP contribution in [0.3, 0.4) is 0 Å². The summed E-state index contributed by atoms with van der Waals surface area (Å²) < 4.78 is 11.1. The molecule has 3 heterocycles. The minimum absolute atomic E-state index is 0.0155. The zero-order valence-corrected chi connectivity index (χ0v) is 18.0. The van der Waals surface area contributed by atoms with E-state index in [2.05, 4.69) is 33.4 Å². The molecule has 0 radical (unpaired) electrons. The van der Waals surface area contributed by atoms with Gasteiger partial charge >= 0.3 is 0 Å². The van der Waals surface area contributed by atoms with Gasteiger partial charge in [0.25, 0.3) is 0 Å². The van der Waals surface area contributed by atoms with Crippen LogP contribution in [0, 0.1) is 6.92 Å². The third-order valence-corrected chi connectivity index (χ3v) is 6.51. The molecule has 0 unspecified atom stereocenters. The Morgan fingerprint density at radius 1 is 1.37 bits per heavy atom. The number of aliphatic hydroxyl groups is 1. The minimum Gasteiger partial charge on any atom is -0.388 e. The van der Waals surface area contributed by atoms with Gasteiger partial charge in [-0.25, -0.2) is 0 Å². The highest BCUT2D eigenvalue weighted by molar-refractivity contribution is 5.92. The fourth-order valence-electron chi connectivity index (χ4n) is 4.91. The lowest BCUT2D eigenvalue weighted by Crippen LogP contribution is -2.66. The van der Waals surface area contributed by atoms with Crippen LogP contribution < -0.4 is 10.2 Å². The highest BCUT2D eigenvalue weighted by atomic mass is 16.5. The molecule has 4 rings (SSSR count). The Hall–Kier alpha value is -2.22. The predicted octanol–water partition coefficient (Wildman–Crippen LogP) is 2.18. The first-order chi connectivity index (χ1) is 14.3. The quantitative estimate of drug-likeness (QED) is 0.799. The number of rotatable bonds is 4. The molecule has 2 N–H and O–H groups in total. The van der Waals surface area contributed by atoms with Gasteiger partial charge in [-0.15, -0.1) is 0 Å². The summed E-state index contributed by atoms with van der Waals surface area (Å²) in [4.78, 5) is 19.2. The van der Waals surface area contributed by atoms with Crippen LogP contribution in [0.25, 0.3) is 10.9 Å². The number of nitrogens with zero attached hydrogens (tertiary/aromatic N) is 2. The summed E-state index contributed by atoms with van der Waals surface area (Å²) in [6.07, 6.45) is 1.52. The number of nitrogens with one attached hydrogen (secondary N) is 1. The Labute approximate surface area is 177 Å². The van der Waals surface area contributed by atoms with Crippen LogP contribution in [0.2, 0.25) is 0 Å². The normalized spacial score (nSPS) is 26.1. The molecule has 1 spiro atoms. The van der Waals surface area contributed by atoms with Crippen LogP contribution in [-0.4, -0.2) is 66.7 Å². The Morgan fingerprint density at radius 2 is 2.10 bits per heavy atom. The lowest BCUT2D eigenvalue weighted by atomic mass is 9.74. The van der Waals surface area contributed by atoms with Crippen LogP contribution in [0.5, 0.6) is 0 Å². The van der Waals surface area contributed by atoms with E-state index in [9.17, 15) is 9.90 Å². The molecular weight excluding hydrogens is 382 g/mol. The highest BCUT2D eigenvalue weighted by Crippen LogP contribution is 2.41. The lowest BCUT2D eigenvalue weighted by molar-refractivity contribution is -0.173. The number of carbonyl (C=O) groups is 1. The number of methoxy groups -OCH3 is 1. The van der Waals surface area contributed by atoms with Crippen molar-refractivity contribution in [2.75, 3.05) is 38.3 Å².